The normalized spacial score (nSPS) is 16.7. The number of nitrogens with one attached hydrogen (secondary N) is 1. The van der Waals surface area contributed by atoms with E-state index in [0.717, 1.165) is 44.4 Å². The summed E-state index contributed by atoms with van der Waals surface area (Å²) in [7, 11) is -0.111. The fraction of sp³-hybridized carbons (Fsp3) is 0.429. The minimum Gasteiger partial charge on any atom is -0.334 e. The Balaban J connectivity index is 1.51. The number of hydrogen-bond donors (Lipinski definition) is 1. The molecule has 0 spiro atoms. The first-order chi connectivity index (χ1) is 15.1. The molecule has 0 atom stereocenters. The summed E-state index contributed by atoms with van der Waals surface area (Å²) >= 11 is 0. The number of pyridine rings is 1. The summed E-state index contributed by atoms with van der Waals surface area (Å²) in [5, 5.41) is 0. The maximum Gasteiger partial charge on any atom is 0.279 e. The summed E-state index contributed by atoms with van der Waals surface area (Å²) < 4.78 is 56.7. The summed E-state index contributed by atoms with van der Waals surface area (Å²) in [5.74, 6) is -2.21. The van der Waals surface area contributed by atoms with Crippen molar-refractivity contribution >= 4 is 32.7 Å². The van der Waals surface area contributed by atoms with Gasteiger partial charge >= 0.3 is 0 Å². The van der Waals surface area contributed by atoms with Crippen LogP contribution in [0, 0.1) is 0 Å². The quantitative estimate of drug-likeness (QED) is 0.581. The van der Waals surface area contributed by atoms with Gasteiger partial charge in [0.05, 0.1) is 24.6 Å². The molecular formula is C21H26F2N6O2S. The maximum atomic E-state index is 13.4. The Bertz CT molecular complexity index is 1240. The fourth-order valence-electron chi connectivity index (χ4n) is 3.86. The first kappa shape index (κ1) is 22.6. The van der Waals surface area contributed by atoms with E-state index < -0.39 is 29.1 Å². The van der Waals surface area contributed by atoms with Gasteiger partial charge in [-0.25, -0.2) is 18.7 Å². The van der Waals surface area contributed by atoms with Crippen LogP contribution in [0.2, 0.25) is 0 Å². The van der Waals surface area contributed by atoms with E-state index >= 15 is 0 Å². The second-order valence-electron chi connectivity index (χ2n) is 8.03. The van der Waals surface area contributed by atoms with Crippen LogP contribution in [-0.2, 0) is 30.2 Å². The average Bonchev–Trinajstić information content (AvgIpc) is 3.33. The molecule has 1 aromatic carbocycles. The highest BCUT2D eigenvalue weighted by molar-refractivity contribution is 7.87. The molecule has 2 aromatic heterocycles. The number of hydrogen-bond acceptors (Lipinski definition) is 5. The van der Waals surface area contributed by atoms with Gasteiger partial charge in [-0.2, -0.15) is 17.4 Å². The third-order valence-corrected chi connectivity index (χ3v) is 7.26. The third kappa shape index (κ3) is 4.45. The number of imidazole rings is 1. The first-order valence-corrected chi connectivity index (χ1v) is 11.8. The molecular weight excluding hydrogens is 438 g/mol. The fourth-order valence-corrected chi connectivity index (χ4v) is 5.08. The topological polar surface area (TPSA) is 83.4 Å². The lowest BCUT2D eigenvalue weighted by molar-refractivity contribution is 0.0183. The minimum absolute atomic E-state index is 0.0284. The van der Waals surface area contributed by atoms with Gasteiger partial charge in [-0.3, -0.25) is 0 Å². The van der Waals surface area contributed by atoms with Crippen molar-refractivity contribution in [3.05, 3.63) is 47.9 Å². The molecule has 32 heavy (non-hydrogen) atoms. The zero-order chi connectivity index (χ0) is 23.1. The van der Waals surface area contributed by atoms with Crippen LogP contribution >= 0.6 is 0 Å². The maximum absolute atomic E-state index is 13.4. The van der Waals surface area contributed by atoms with Crippen LogP contribution in [0.3, 0.4) is 0 Å². The van der Waals surface area contributed by atoms with Crippen molar-refractivity contribution in [2.45, 2.75) is 32.2 Å². The van der Waals surface area contributed by atoms with E-state index in [0.29, 0.717) is 0 Å². The standard InChI is InChI=1S/C21H26F2N6O2S/c1-4-16-9-15(11-26-32(30,31)29-8-7-21(22,23)13-29)5-6-18(16)28(3)20-10-19-17(12-24-20)25-14-27(19)2/h5-6,9-10,12,14,26H,4,7-8,11,13H2,1-3H3. The van der Waals surface area contributed by atoms with Crippen molar-refractivity contribution < 1.29 is 17.2 Å². The van der Waals surface area contributed by atoms with Gasteiger partial charge in [-0.15, -0.1) is 0 Å². The van der Waals surface area contributed by atoms with Crippen LogP contribution in [0.25, 0.3) is 11.0 Å². The Hall–Kier alpha value is -2.63. The Morgan fingerprint density at radius 1 is 1.25 bits per heavy atom. The largest absolute Gasteiger partial charge is 0.334 e. The van der Waals surface area contributed by atoms with Gasteiger partial charge in [0.2, 0.25) is 0 Å². The molecule has 4 rings (SSSR count). The number of halogens is 2. The van der Waals surface area contributed by atoms with Crippen LogP contribution in [-0.4, -0.2) is 53.3 Å². The molecule has 172 valence electrons. The molecule has 0 radical (unpaired) electrons. The molecule has 8 nitrogen and oxygen atoms in total. The molecule has 1 aliphatic heterocycles. The molecule has 11 heteroatoms. The summed E-state index contributed by atoms with van der Waals surface area (Å²) in [6.45, 7) is 1.09. The number of benzene rings is 1. The van der Waals surface area contributed by atoms with Crippen molar-refractivity contribution in [2.75, 3.05) is 25.0 Å². The molecule has 3 aromatic rings. The molecule has 1 N–H and O–H groups in total. The molecule has 0 aliphatic carbocycles. The van der Waals surface area contributed by atoms with Gasteiger partial charge in [0.25, 0.3) is 16.1 Å². The second-order valence-corrected chi connectivity index (χ2v) is 9.78. The van der Waals surface area contributed by atoms with Crippen molar-refractivity contribution in [1.82, 2.24) is 23.6 Å². The van der Waals surface area contributed by atoms with E-state index in [1.165, 1.54) is 0 Å². The summed E-state index contributed by atoms with van der Waals surface area (Å²) in [6.07, 6.45) is 3.75. The van der Waals surface area contributed by atoms with Crippen LogP contribution < -0.4 is 9.62 Å². The van der Waals surface area contributed by atoms with E-state index in [4.69, 9.17) is 0 Å². The number of aryl methyl sites for hydroxylation is 2. The number of alkyl halides is 2. The number of fused-ring (bicyclic) bond motifs is 1. The highest BCUT2D eigenvalue weighted by atomic mass is 32.2. The molecule has 1 fully saturated rings. The average molecular weight is 465 g/mol. The summed E-state index contributed by atoms with van der Waals surface area (Å²) in [6, 6.07) is 7.64. The van der Waals surface area contributed by atoms with Crippen molar-refractivity contribution in [1.29, 1.82) is 0 Å². The smallest absolute Gasteiger partial charge is 0.279 e. The SMILES string of the molecule is CCc1cc(CNS(=O)(=O)N2CCC(F)(F)C2)ccc1N(C)c1cc2c(cn1)ncn2C. The van der Waals surface area contributed by atoms with Gasteiger partial charge in [0, 0.05) is 45.4 Å². The highest BCUT2D eigenvalue weighted by Crippen LogP contribution is 2.30. The lowest BCUT2D eigenvalue weighted by Gasteiger charge is -2.22. The van der Waals surface area contributed by atoms with E-state index in [1.807, 2.05) is 54.8 Å². The van der Waals surface area contributed by atoms with Gasteiger partial charge in [-0.05, 0) is 23.6 Å². The Morgan fingerprint density at radius 2 is 2.03 bits per heavy atom. The van der Waals surface area contributed by atoms with Crippen LogP contribution in [0.5, 0.6) is 0 Å². The molecule has 3 heterocycles. The van der Waals surface area contributed by atoms with Gasteiger partial charge in [0.1, 0.15) is 11.3 Å². The lowest BCUT2D eigenvalue weighted by Crippen LogP contribution is -2.40. The van der Waals surface area contributed by atoms with Crippen molar-refractivity contribution in [2.24, 2.45) is 7.05 Å². The first-order valence-electron chi connectivity index (χ1n) is 10.3. The number of aromatic nitrogens is 3. The number of anilines is 2. The predicted octanol–water partition coefficient (Wildman–Crippen LogP) is 2.97. The predicted molar refractivity (Wildman–Crippen MR) is 119 cm³/mol. The van der Waals surface area contributed by atoms with Crippen molar-refractivity contribution in [3.8, 4) is 0 Å². The van der Waals surface area contributed by atoms with Crippen LogP contribution in [0.15, 0.2) is 36.8 Å². The van der Waals surface area contributed by atoms with E-state index in [2.05, 4.69) is 14.7 Å². The Labute approximate surface area is 186 Å². The van der Waals surface area contributed by atoms with Gasteiger partial charge in [-0.1, -0.05) is 19.1 Å². The van der Waals surface area contributed by atoms with Crippen molar-refractivity contribution in [3.63, 3.8) is 0 Å². The lowest BCUT2D eigenvalue weighted by atomic mass is 10.1. The minimum atomic E-state index is -3.96. The zero-order valence-corrected chi connectivity index (χ0v) is 19.0. The molecule has 1 saturated heterocycles. The summed E-state index contributed by atoms with van der Waals surface area (Å²) in [5.41, 5.74) is 4.51. The molecule has 0 amide bonds. The van der Waals surface area contributed by atoms with E-state index in [1.54, 1.807) is 12.5 Å². The van der Waals surface area contributed by atoms with Crippen LogP contribution in [0.4, 0.5) is 20.3 Å². The summed E-state index contributed by atoms with van der Waals surface area (Å²) in [4.78, 5) is 10.8. The monoisotopic (exact) mass is 464 g/mol. The van der Waals surface area contributed by atoms with Gasteiger partial charge < -0.3 is 9.47 Å². The Kier molecular flexibility index (Phi) is 5.91. The molecule has 0 saturated carbocycles. The second kappa shape index (κ2) is 8.38. The Morgan fingerprint density at radius 3 is 2.72 bits per heavy atom. The highest BCUT2D eigenvalue weighted by Gasteiger charge is 2.43. The van der Waals surface area contributed by atoms with Crippen LogP contribution in [0.1, 0.15) is 24.5 Å². The zero-order valence-electron chi connectivity index (χ0n) is 18.2. The number of rotatable bonds is 7. The molecule has 0 bridgehead atoms. The number of nitrogens with zero attached hydrogens (tertiary/aromatic N) is 5. The molecule has 0 unspecified atom stereocenters. The molecule has 1 aliphatic rings. The third-order valence-electron chi connectivity index (χ3n) is 5.76. The van der Waals surface area contributed by atoms with E-state index in [9.17, 15) is 17.2 Å². The van der Waals surface area contributed by atoms with E-state index in [-0.39, 0.29) is 13.1 Å². The van der Waals surface area contributed by atoms with Gasteiger partial charge in [0.15, 0.2) is 0 Å².